The van der Waals surface area contributed by atoms with Crippen molar-refractivity contribution in [3.05, 3.63) is 65.2 Å². The molecular weight excluding hydrogens is 387 g/mol. The van der Waals surface area contributed by atoms with E-state index in [9.17, 15) is 4.79 Å². The summed E-state index contributed by atoms with van der Waals surface area (Å²) in [6, 6.07) is 17.1. The van der Waals surface area contributed by atoms with Gasteiger partial charge in [-0.1, -0.05) is 48.0 Å². The fraction of sp³-hybridized carbons (Fsp3) is 0.350. The van der Waals surface area contributed by atoms with E-state index in [2.05, 4.69) is 10.2 Å². The first-order valence-corrected chi connectivity index (χ1v) is 9.12. The number of rotatable bonds is 7. The highest BCUT2D eigenvalue weighted by atomic mass is 35.5. The summed E-state index contributed by atoms with van der Waals surface area (Å²) in [4.78, 5) is 14.5. The minimum Gasteiger partial charge on any atom is -0.484 e. The summed E-state index contributed by atoms with van der Waals surface area (Å²) in [5, 5.41) is 3.68. The van der Waals surface area contributed by atoms with Crippen molar-refractivity contribution in [3.63, 3.8) is 0 Å². The van der Waals surface area contributed by atoms with E-state index in [1.165, 1.54) is 0 Å². The van der Waals surface area contributed by atoms with Gasteiger partial charge in [-0.15, -0.1) is 12.4 Å². The number of para-hydroxylation sites is 1. The number of hydrogen-bond donors (Lipinski definition) is 1. The molecule has 0 saturated carbocycles. The fourth-order valence-electron chi connectivity index (χ4n) is 3.00. The molecule has 1 heterocycles. The molecule has 0 aliphatic carbocycles. The molecule has 0 bridgehead atoms. The molecule has 1 fully saturated rings. The van der Waals surface area contributed by atoms with Crippen molar-refractivity contribution in [2.24, 2.45) is 0 Å². The maximum atomic E-state index is 12.2. The number of carbonyl (C=O) groups is 1. The third-order valence-corrected chi connectivity index (χ3v) is 4.70. The van der Waals surface area contributed by atoms with E-state index < -0.39 is 0 Å². The van der Waals surface area contributed by atoms with Crippen LogP contribution in [-0.4, -0.2) is 50.3 Å². The van der Waals surface area contributed by atoms with Crippen molar-refractivity contribution in [2.75, 3.05) is 39.5 Å². The molecular formula is C20H24Cl2N2O3. The summed E-state index contributed by atoms with van der Waals surface area (Å²) in [6.45, 7) is 3.46. The van der Waals surface area contributed by atoms with Crippen LogP contribution in [0.5, 0.6) is 5.75 Å². The van der Waals surface area contributed by atoms with Crippen molar-refractivity contribution < 1.29 is 14.3 Å². The number of halogens is 2. The topological polar surface area (TPSA) is 50.8 Å². The molecule has 1 aliphatic heterocycles. The lowest BCUT2D eigenvalue weighted by Gasteiger charge is -2.35. The zero-order valence-electron chi connectivity index (χ0n) is 15.0. The van der Waals surface area contributed by atoms with Crippen molar-refractivity contribution in [1.29, 1.82) is 0 Å². The molecule has 0 aromatic heterocycles. The Morgan fingerprint density at radius 2 is 1.78 bits per heavy atom. The van der Waals surface area contributed by atoms with Crippen LogP contribution in [0, 0.1) is 0 Å². The molecule has 1 saturated heterocycles. The Labute approximate surface area is 171 Å². The van der Waals surface area contributed by atoms with Gasteiger partial charge in [-0.2, -0.15) is 0 Å². The van der Waals surface area contributed by atoms with Gasteiger partial charge in [0.25, 0.3) is 5.91 Å². The summed E-state index contributed by atoms with van der Waals surface area (Å²) in [5.41, 5.74) is 1.01. The van der Waals surface area contributed by atoms with Gasteiger partial charge in [0.05, 0.1) is 19.3 Å². The van der Waals surface area contributed by atoms with Crippen LogP contribution in [0.2, 0.25) is 5.02 Å². The molecule has 5 nitrogen and oxygen atoms in total. The van der Waals surface area contributed by atoms with E-state index in [-0.39, 0.29) is 31.0 Å². The van der Waals surface area contributed by atoms with Crippen molar-refractivity contribution >= 4 is 29.9 Å². The molecule has 1 atom stereocenters. The smallest absolute Gasteiger partial charge is 0.258 e. The highest BCUT2D eigenvalue weighted by molar-refractivity contribution is 6.31. The Hall–Kier alpha value is -1.79. The van der Waals surface area contributed by atoms with Crippen LogP contribution in [0.4, 0.5) is 0 Å². The molecule has 3 rings (SSSR count). The second-order valence-electron chi connectivity index (χ2n) is 6.09. The molecule has 1 amide bonds. The van der Waals surface area contributed by atoms with E-state index in [1.54, 1.807) is 0 Å². The molecule has 0 spiro atoms. The minimum atomic E-state index is -0.154. The van der Waals surface area contributed by atoms with Crippen molar-refractivity contribution in [2.45, 2.75) is 6.04 Å². The lowest BCUT2D eigenvalue weighted by atomic mass is 10.0. The Morgan fingerprint density at radius 3 is 2.48 bits per heavy atom. The van der Waals surface area contributed by atoms with Crippen LogP contribution in [0.1, 0.15) is 11.6 Å². The molecule has 2 aromatic carbocycles. The third kappa shape index (κ3) is 6.40. The summed E-state index contributed by atoms with van der Waals surface area (Å²) in [7, 11) is 0. The third-order valence-electron chi connectivity index (χ3n) is 4.36. The largest absolute Gasteiger partial charge is 0.484 e. The molecule has 1 unspecified atom stereocenters. The first-order valence-electron chi connectivity index (χ1n) is 8.75. The van der Waals surface area contributed by atoms with Crippen molar-refractivity contribution in [1.82, 2.24) is 10.2 Å². The van der Waals surface area contributed by atoms with Gasteiger partial charge in [0.1, 0.15) is 5.75 Å². The summed E-state index contributed by atoms with van der Waals surface area (Å²) < 4.78 is 11.0. The molecule has 146 valence electrons. The first-order chi connectivity index (χ1) is 12.7. The standard InChI is InChI=1S/C20H23ClN2O3.ClH/c21-18-9-5-4-8-17(18)19(23-10-12-25-13-11-23)14-22-20(24)15-26-16-6-2-1-3-7-16;/h1-9,19H,10-15H2,(H,22,24);1H. The average Bonchev–Trinajstić information content (AvgIpc) is 2.69. The lowest BCUT2D eigenvalue weighted by molar-refractivity contribution is -0.123. The number of nitrogens with zero attached hydrogens (tertiary/aromatic N) is 1. The van der Waals surface area contributed by atoms with Gasteiger partial charge in [0.15, 0.2) is 6.61 Å². The van der Waals surface area contributed by atoms with Gasteiger partial charge in [0, 0.05) is 24.7 Å². The number of nitrogens with one attached hydrogen (secondary N) is 1. The average molecular weight is 411 g/mol. The maximum absolute atomic E-state index is 12.2. The second kappa shape index (κ2) is 11.1. The van der Waals surface area contributed by atoms with E-state index in [4.69, 9.17) is 21.1 Å². The number of ether oxygens (including phenoxy) is 2. The number of carbonyl (C=O) groups excluding carboxylic acids is 1. The van der Waals surface area contributed by atoms with Gasteiger partial charge in [0.2, 0.25) is 0 Å². The molecule has 1 aliphatic rings. The molecule has 2 aromatic rings. The summed E-state index contributed by atoms with van der Waals surface area (Å²) in [5.74, 6) is 0.526. The van der Waals surface area contributed by atoms with Crippen LogP contribution in [-0.2, 0) is 9.53 Å². The normalized spacial score (nSPS) is 15.4. The van der Waals surface area contributed by atoms with E-state index >= 15 is 0 Å². The van der Waals surface area contributed by atoms with Gasteiger partial charge < -0.3 is 14.8 Å². The van der Waals surface area contributed by atoms with Gasteiger partial charge in [-0.25, -0.2) is 0 Å². The van der Waals surface area contributed by atoms with Gasteiger partial charge in [-0.3, -0.25) is 9.69 Å². The van der Waals surface area contributed by atoms with Crippen LogP contribution < -0.4 is 10.1 Å². The molecule has 0 radical (unpaired) electrons. The highest BCUT2D eigenvalue weighted by Crippen LogP contribution is 2.27. The van der Waals surface area contributed by atoms with Crippen LogP contribution in [0.15, 0.2) is 54.6 Å². The number of morpholine rings is 1. The monoisotopic (exact) mass is 410 g/mol. The zero-order valence-corrected chi connectivity index (χ0v) is 16.5. The predicted molar refractivity (Wildman–Crippen MR) is 109 cm³/mol. The predicted octanol–water partition coefficient (Wildman–Crippen LogP) is 3.33. The molecule has 1 N–H and O–H groups in total. The highest BCUT2D eigenvalue weighted by Gasteiger charge is 2.24. The summed E-state index contributed by atoms with van der Waals surface area (Å²) >= 11 is 6.40. The first kappa shape index (κ1) is 21.5. The lowest BCUT2D eigenvalue weighted by Crippen LogP contribution is -2.44. The number of benzene rings is 2. The molecule has 7 heteroatoms. The fourth-order valence-corrected chi connectivity index (χ4v) is 3.26. The minimum absolute atomic E-state index is 0. The van der Waals surface area contributed by atoms with Crippen LogP contribution in [0.3, 0.4) is 0 Å². The Kier molecular flexibility index (Phi) is 8.88. The summed E-state index contributed by atoms with van der Waals surface area (Å²) in [6.07, 6.45) is 0. The zero-order chi connectivity index (χ0) is 18.2. The van der Waals surface area contributed by atoms with Gasteiger partial charge in [-0.05, 0) is 23.8 Å². The Morgan fingerprint density at radius 1 is 1.11 bits per heavy atom. The quantitative estimate of drug-likeness (QED) is 0.760. The number of hydrogen-bond acceptors (Lipinski definition) is 4. The molecule has 27 heavy (non-hydrogen) atoms. The van der Waals surface area contributed by atoms with Gasteiger partial charge >= 0.3 is 0 Å². The van der Waals surface area contributed by atoms with E-state index in [1.807, 2.05) is 54.6 Å². The van der Waals surface area contributed by atoms with E-state index in [0.29, 0.717) is 30.5 Å². The Balaban J connectivity index is 0.00000261. The second-order valence-corrected chi connectivity index (χ2v) is 6.50. The Bertz CT molecular complexity index is 709. The van der Waals surface area contributed by atoms with Crippen LogP contribution in [0.25, 0.3) is 0 Å². The maximum Gasteiger partial charge on any atom is 0.258 e. The number of amides is 1. The van der Waals surface area contributed by atoms with Crippen molar-refractivity contribution in [3.8, 4) is 5.75 Å². The van der Waals surface area contributed by atoms with Crippen LogP contribution >= 0.6 is 24.0 Å². The van der Waals surface area contributed by atoms with E-state index in [0.717, 1.165) is 18.7 Å². The SMILES string of the molecule is Cl.O=C(COc1ccccc1)NCC(c1ccccc1Cl)N1CCOCC1.